The minimum atomic E-state index is -0.625. The third kappa shape index (κ3) is 12.3. The van der Waals surface area contributed by atoms with Gasteiger partial charge in [0.2, 0.25) is 5.82 Å². The van der Waals surface area contributed by atoms with Gasteiger partial charge in [-0.25, -0.2) is 9.18 Å². The molecule has 0 aliphatic rings. The zero-order valence-electron chi connectivity index (χ0n) is 31.7. The van der Waals surface area contributed by atoms with E-state index in [1.807, 2.05) is 51.1 Å². The molecule has 276 valence electrons. The molecular formula is C42H51FN4O5. The quantitative estimate of drug-likeness (QED) is 0.0522. The number of hydrogen-bond donors (Lipinski definition) is 2. The lowest BCUT2D eigenvalue weighted by atomic mass is 9.95. The van der Waals surface area contributed by atoms with Gasteiger partial charge in [-0.1, -0.05) is 69.3 Å². The number of rotatable bonds is 11. The predicted molar refractivity (Wildman–Crippen MR) is 207 cm³/mol. The van der Waals surface area contributed by atoms with Crippen molar-refractivity contribution in [3.05, 3.63) is 120 Å². The van der Waals surface area contributed by atoms with Crippen molar-refractivity contribution in [2.24, 2.45) is 0 Å². The van der Waals surface area contributed by atoms with E-state index in [4.69, 9.17) is 9.26 Å². The second-order valence-electron chi connectivity index (χ2n) is 12.5. The van der Waals surface area contributed by atoms with Crippen molar-refractivity contribution < 1.29 is 28.0 Å². The van der Waals surface area contributed by atoms with E-state index < -0.39 is 23.4 Å². The van der Waals surface area contributed by atoms with Crippen LogP contribution in [0.1, 0.15) is 84.4 Å². The van der Waals surface area contributed by atoms with E-state index in [1.54, 1.807) is 57.2 Å². The molecule has 2 N–H and O–H groups in total. The summed E-state index contributed by atoms with van der Waals surface area (Å²) in [6, 6.07) is 19.3. The Bertz CT molecular complexity index is 1850. The number of carbonyl (C=O) groups is 3. The number of halogens is 1. The van der Waals surface area contributed by atoms with Gasteiger partial charge in [-0.15, -0.1) is 13.2 Å². The van der Waals surface area contributed by atoms with Gasteiger partial charge in [0.25, 0.3) is 11.8 Å². The molecule has 0 saturated carbocycles. The standard InChI is InChI=1S/C38H41FN4O5.C2H6.C2H4/c1-8-25(27-13-11-26(12-14-27)23(2)3)22-31(35(45)40-7)33(44)20-10-24-9-19-30(32(39)21-24)34-42-36(48-43-34)28-15-17-29(18-16-28)41-37(46)47-38(4,5)6;2*1-2/h8-9,11-19,21-23H,10,20H2,1-7H3,(H,40,45)(H,41,46);1-2H3;1-2H2/b25-8+,31-22+;;. The summed E-state index contributed by atoms with van der Waals surface area (Å²) >= 11 is 0. The molecule has 4 aromatic rings. The average Bonchev–Trinajstić information content (AvgIpc) is 3.62. The van der Waals surface area contributed by atoms with Gasteiger partial charge in [0.1, 0.15) is 11.4 Å². The maximum Gasteiger partial charge on any atom is 0.412 e. The summed E-state index contributed by atoms with van der Waals surface area (Å²) in [6.45, 7) is 21.4. The van der Waals surface area contributed by atoms with Crippen LogP contribution in [0.25, 0.3) is 28.4 Å². The van der Waals surface area contributed by atoms with Crippen LogP contribution in [0.5, 0.6) is 0 Å². The first kappa shape index (κ1) is 42.5. The summed E-state index contributed by atoms with van der Waals surface area (Å²) in [5, 5.41) is 9.14. The molecule has 3 aromatic carbocycles. The Balaban J connectivity index is 0.00000226. The van der Waals surface area contributed by atoms with Crippen molar-refractivity contribution in [3.63, 3.8) is 0 Å². The number of benzene rings is 3. The molecule has 0 saturated heterocycles. The van der Waals surface area contributed by atoms with Crippen LogP contribution in [-0.4, -0.2) is 40.6 Å². The Labute approximate surface area is 307 Å². The minimum absolute atomic E-state index is 0.00641. The fraction of sp³-hybridized carbons (Fsp3) is 0.310. The van der Waals surface area contributed by atoms with Gasteiger partial charge in [0, 0.05) is 24.7 Å². The lowest BCUT2D eigenvalue weighted by Crippen LogP contribution is -2.27. The molecule has 9 nitrogen and oxygen atoms in total. The first-order valence-electron chi connectivity index (χ1n) is 17.2. The second kappa shape index (κ2) is 20.3. The van der Waals surface area contributed by atoms with Crippen molar-refractivity contribution >= 4 is 29.0 Å². The highest BCUT2D eigenvalue weighted by Gasteiger charge is 2.20. The molecule has 10 heteroatoms. The zero-order chi connectivity index (χ0) is 39.0. The van der Waals surface area contributed by atoms with Crippen molar-refractivity contribution in [2.75, 3.05) is 12.4 Å². The molecule has 0 spiro atoms. The molecule has 4 rings (SSSR count). The molecule has 0 atom stereocenters. The predicted octanol–water partition coefficient (Wildman–Crippen LogP) is 10.1. The van der Waals surface area contributed by atoms with Crippen molar-refractivity contribution in [3.8, 4) is 22.8 Å². The van der Waals surface area contributed by atoms with Crippen molar-refractivity contribution in [1.29, 1.82) is 0 Å². The van der Waals surface area contributed by atoms with Crippen molar-refractivity contribution in [2.45, 2.75) is 79.8 Å². The SMILES string of the molecule is C/C=C(\C=C(/C(=O)CCc1ccc(-c2noc(-c3ccc(NC(=O)OC(C)(C)C)cc3)n2)c(F)c1)C(=O)NC)c1ccc(C(C)C)cc1.C=C.CC. The summed E-state index contributed by atoms with van der Waals surface area (Å²) in [5.74, 6) is -0.795. The van der Waals surface area contributed by atoms with E-state index in [1.165, 1.54) is 24.7 Å². The van der Waals surface area contributed by atoms with Gasteiger partial charge in [-0.2, -0.15) is 4.98 Å². The Hall–Kier alpha value is -5.64. The van der Waals surface area contributed by atoms with Crippen LogP contribution in [0.15, 0.2) is 102 Å². The summed E-state index contributed by atoms with van der Waals surface area (Å²) in [5.41, 5.74) is 4.05. The number of ether oxygens (including phenoxy) is 1. The normalized spacial score (nSPS) is 11.4. The molecule has 1 aromatic heterocycles. The van der Waals surface area contributed by atoms with Gasteiger partial charge in [0.05, 0.1) is 11.1 Å². The van der Waals surface area contributed by atoms with Gasteiger partial charge in [-0.05, 0) is 105 Å². The Kier molecular flexibility index (Phi) is 16.6. The first-order valence-corrected chi connectivity index (χ1v) is 17.2. The lowest BCUT2D eigenvalue weighted by molar-refractivity contribution is -0.122. The molecule has 0 unspecified atom stereocenters. The van der Waals surface area contributed by atoms with Crippen LogP contribution in [0.2, 0.25) is 0 Å². The highest BCUT2D eigenvalue weighted by Crippen LogP contribution is 2.27. The fourth-order valence-electron chi connectivity index (χ4n) is 4.81. The van der Waals surface area contributed by atoms with Crippen LogP contribution in [0, 0.1) is 5.82 Å². The van der Waals surface area contributed by atoms with Crippen LogP contribution in [-0.2, 0) is 20.7 Å². The van der Waals surface area contributed by atoms with Crippen LogP contribution < -0.4 is 10.6 Å². The Morgan fingerprint density at radius 3 is 2.15 bits per heavy atom. The number of aryl methyl sites for hydroxylation is 1. The highest BCUT2D eigenvalue weighted by atomic mass is 19.1. The number of allylic oxidation sites excluding steroid dienone is 3. The monoisotopic (exact) mass is 710 g/mol. The number of ketones is 1. The van der Waals surface area contributed by atoms with Gasteiger partial charge < -0.3 is 14.6 Å². The molecule has 2 amide bonds. The molecule has 0 bridgehead atoms. The number of Topliss-reactive ketones (excluding diaryl/α,β-unsaturated/α-hetero) is 1. The number of likely N-dealkylation sites (N-methyl/N-ethyl adjacent to an activating group) is 1. The molecule has 0 radical (unpaired) electrons. The van der Waals surface area contributed by atoms with Crippen LogP contribution in [0.3, 0.4) is 0 Å². The van der Waals surface area contributed by atoms with E-state index in [9.17, 15) is 14.4 Å². The summed E-state index contributed by atoms with van der Waals surface area (Å²) in [7, 11) is 1.48. The molecule has 1 heterocycles. The number of amides is 2. The first-order chi connectivity index (χ1) is 24.8. The van der Waals surface area contributed by atoms with Crippen LogP contribution in [0.4, 0.5) is 14.9 Å². The zero-order valence-corrected chi connectivity index (χ0v) is 31.7. The fourth-order valence-corrected chi connectivity index (χ4v) is 4.81. The van der Waals surface area contributed by atoms with E-state index in [-0.39, 0.29) is 41.5 Å². The van der Waals surface area contributed by atoms with E-state index >= 15 is 4.39 Å². The second-order valence-corrected chi connectivity index (χ2v) is 12.5. The lowest BCUT2D eigenvalue weighted by Gasteiger charge is -2.19. The third-order valence-electron chi connectivity index (χ3n) is 7.41. The molecule has 0 fully saturated rings. The molecule has 0 aliphatic carbocycles. The summed E-state index contributed by atoms with van der Waals surface area (Å²) in [4.78, 5) is 42.4. The van der Waals surface area contributed by atoms with Gasteiger partial charge in [-0.3, -0.25) is 14.9 Å². The topological polar surface area (TPSA) is 123 Å². The summed E-state index contributed by atoms with van der Waals surface area (Å²) < 4.78 is 25.9. The number of hydrogen-bond acceptors (Lipinski definition) is 7. The van der Waals surface area contributed by atoms with Crippen molar-refractivity contribution in [1.82, 2.24) is 15.5 Å². The van der Waals surface area contributed by atoms with Crippen LogP contribution >= 0.6 is 0 Å². The van der Waals surface area contributed by atoms with E-state index in [0.29, 0.717) is 22.7 Å². The largest absolute Gasteiger partial charge is 0.444 e. The smallest absolute Gasteiger partial charge is 0.412 e. The third-order valence-corrected chi connectivity index (χ3v) is 7.41. The van der Waals surface area contributed by atoms with E-state index in [0.717, 1.165) is 11.1 Å². The van der Waals surface area contributed by atoms with E-state index in [2.05, 4.69) is 47.8 Å². The average molecular weight is 711 g/mol. The molecule has 0 aliphatic heterocycles. The maximum atomic E-state index is 15.2. The minimum Gasteiger partial charge on any atom is -0.444 e. The maximum absolute atomic E-state index is 15.2. The van der Waals surface area contributed by atoms with Gasteiger partial charge in [0.15, 0.2) is 5.78 Å². The number of nitrogens with one attached hydrogen (secondary N) is 2. The highest BCUT2D eigenvalue weighted by molar-refractivity contribution is 6.20. The summed E-state index contributed by atoms with van der Waals surface area (Å²) in [6.07, 6.45) is 3.12. The Morgan fingerprint density at radius 2 is 1.62 bits per heavy atom. The number of aromatic nitrogens is 2. The van der Waals surface area contributed by atoms with Gasteiger partial charge >= 0.3 is 6.09 Å². The number of carbonyl (C=O) groups excluding carboxylic acids is 3. The molecular weight excluding hydrogens is 659 g/mol. The number of anilines is 1. The number of nitrogens with zero attached hydrogens (tertiary/aromatic N) is 2. The molecule has 52 heavy (non-hydrogen) atoms. The Morgan fingerprint density at radius 1 is 0.981 bits per heavy atom.